The van der Waals surface area contributed by atoms with Crippen molar-refractivity contribution in [1.29, 1.82) is 0 Å². The standard InChI is InChI=1S/C16H19NO/c1-16(10-5-11-18-16)15(17)14-9-4-7-12-6-2-3-8-13(12)14/h2-4,6-9,15H,5,10-11,17H2,1H3. The summed E-state index contributed by atoms with van der Waals surface area (Å²) in [6.45, 7) is 2.96. The van der Waals surface area contributed by atoms with Crippen LogP contribution in [0.15, 0.2) is 42.5 Å². The van der Waals surface area contributed by atoms with Crippen LogP contribution in [0.1, 0.15) is 31.4 Å². The Kier molecular flexibility index (Phi) is 2.84. The highest BCUT2D eigenvalue weighted by Crippen LogP contribution is 2.38. The molecule has 2 nitrogen and oxygen atoms in total. The largest absolute Gasteiger partial charge is 0.373 e. The molecule has 2 N–H and O–H groups in total. The molecule has 3 rings (SSSR count). The Morgan fingerprint density at radius 1 is 1.17 bits per heavy atom. The summed E-state index contributed by atoms with van der Waals surface area (Å²) in [6, 6.07) is 14.7. The van der Waals surface area contributed by atoms with E-state index in [1.807, 2.05) is 0 Å². The van der Waals surface area contributed by atoms with Crippen LogP contribution in [0.25, 0.3) is 10.8 Å². The fourth-order valence-electron chi connectivity index (χ4n) is 2.90. The average Bonchev–Trinajstić information content (AvgIpc) is 2.85. The first-order valence-electron chi connectivity index (χ1n) is 6.58. The zero-order valence-corrected chi connectivity index (χ0v) is 10.7. The van der Waals surface area contributed by atoms with E-state index >= 15 is 0 Å². The predicted molar refractivity (Wildman–Crippen MR) is 74.5 cm³/mol. The normalized spacial score (nSPS) is 25.4. The van der Waals surface area contributed by atoms with Gasteiger partial charge in [-0.05, 0) is 36.1 Å². The number of hydrogen-bond acceptors (Lipinski definition) is 2. The summed E-state index contributed by atoms with van der Waals surface area (Å²) in [5, 5.41) is 2.48. The number of benzene rings is 2. The molecule has 18 heavy (non-hydrogen) atoms. The smallest absolute Gasteiger partial charge is 0.0847 e. The van der Waals surface area contributed by atoms with Crippen LogP contribution >= 0.6 is 0 Å². The third kappa shape index (κ3) is 1.82. The molecule has 0 spiro atoms. The average molecular weight is 241 g/mol. The molecule has 0 amide bonds. The molecule has 0 radical (unpaired) electrons. The minimum Gasteiger partial charge on any atom is -0.373 e. The monoisotopic (exact) mass is 241 g/mol. The zero-order chi connectivity index (χ0) is 12.6. The van der Waals surface area contributed by atoms with Gasteiger partial charge in [0.15, 0.2) is 0 Å². The highest BCUT2D eigenvalue weighted by atomic mass is 16.5. The third-order valence-corrected chi connectivity index (χ3v) is 4.07. The Labute approximate surface area is 108 Å². The van der Waals surface area contributed by atoms with Gasteiger partial charge in [0.1, 0.15) is 0 Å². The predicted octanol–water partition coefficient (Wildman–Crippen LogP) is 3.41. The summed E-state index contributed by atoms with van der Waals surface area (Å²) in [6.07, 6.45) is 2.15. The molecule has 0 saturated carbocycles. The second-order valence-corrected chi connectivity index (χ2v) is 5.31. The van der Waals surface area contributed by atoms with Gasteiger partial charge in [0.05, 0.1) is 11.6 Å². The van der Waals surface area contributed by atoms with Crippen molar-refractivity contribution in [3.8, 4) is 0 Å². The van der Waals surface area contributed by atoms with Crippen molar-refractivity contribution in [2.45, 2.75) is 31.4 Å². The van der Waals surface area contributed by atoms with E-state index in [0.29, 0.717) is 0 Å². The quantitative estimate of drug-likeness (QED) is 0.874. The van der Waals surface area contributed by atoms with Crippen LogP contribution in [-0.2, 0) is 4.74 Å². The van der Waals surface area contributed by atoms with Crippen molar-refractivity contribution in [2.75, 3.05) is 6.61 Å². The summed E-state index contributed by atoms with van der Waals surface area (Å²) in [7, 11) is 0. The van der Waals surface area contributed by atoms with E-state index in [2.05, 4.69) is 49.4 Å². The van der Waals surface area contributed by atoms with Gasteiger partial charge in [-0.2, -0.15) is 0 Å². The minimum atomic E-state index is -0.218. The Bertz CT molecular complexity index is 553. The summed E-state index contributed by atoms with van der Waals surface area (Å²) in [4.78, 5) is 0. The second-order valence-electron chi connectivity index (χ2n) is 5.31. The van der Waals surface area contributed by atoms with Gasteiger partial charge in [-0.25, -0.2) is 0 Å². The highest BCUT2D eigenvalue weighted by molar-refractivity contribution is 5.86. The first-order chi connectivity index (χ1) is 8.71. The summed E-state index contributed by atoms with van der Waals surface area (Å²) in [5.41, 5.74) is 7.45. The second kappa shape index (κ2) is 4.38. The van der Waals surface area contributed by atoms with Crippen molar-refractivity contribution < 1.29 is 4.74 Å². The molecule has 1 saturated heterocycles. The topological polar surface area (TPSA) is 35.2 Å². The molecule has 0 bridgehead atoms. The zero-order valence-electron chi connectivity index (χ0n) is 10.7. The molecule has 2 unspecified atom stereocenters. The molecule has 2 aromatic rings. The van der Waals surface area contributed by atoms with E-state index in [0.717, 1.165) is 19.4 Å². The highest BCUT2D eigenvalue weighted by Gasteiger charge is 2.37. The van der Waals surface area contributed by atoms with Gasteiger partial charge < -0.3 is 10.5 Å². The Morgan fingerprint density at radius 3 is 2.72 bits per heavy atom. The summed E-state index contributed by atoms with van der Waals surface area (Å²) in [5.74, 6) is 0. The fraction of sp³-hybridized carbons (Fsp3) is 0.375. The molecule has 2 heteroatoms. The minimum absolute atomic E-state index is 0.0638. The van der Waals surface area contributed by atoms with Gasteiger partial charge in [0, 0.05) is 6.61 Å². The molecule has 0 aliphatic carbocycles. The fourth-order valence-corrected chi connectivity index (χ4v) is 2.90. The van der Waals surface area contributed by atoms with E-state index in [1.54, 1.807) is 0 Å². The van der Waals surface area contributed by atoms with Crippen molar-refractivity contribution in [3.63, 3.8) is 0 Å². The number of nitrogens with two attached hydrogens (primary N) is 1. The van der Waals surface area contributed by atoms with E-state index < -0.39 is 0 Å². The van der Waals surface area contributed by atoms with Crippen molar-refractivity contribution in [1.82, 2.24) is 0 Å². The van der Waals surface area contributed by atoms with Crippen LogP contribution in [-0.4, -0.2) is 12.2 Å². The summed E-state index contributed by atoms with van der Waals surface area (Å²) >= 11 is 0. The van der Waals surface area contributed by atoms with Crippen LogP contribution in [0, 0.1) is 0 Å². The van der Waals surface area contributed by atoms with E-state index in [4.69, 9.17) is 10.5 Å². The van der Waals surface area contributed by atoms with Gasteiger partial charge in [-0.3, -0.25) is 0 Å². The number of hydrogen-bond donors (Lipinski definition) is 1. The van der Waals surface area contributed by atoms with Gasteiger partial charge in [-0.15, -0.1) is 0 Å². The van der Waals surface area contributed by atoms with Crippen LogP contribution in [0.5, 0.6) is 0 Å². The van der Waals surface area contributed by atoms with Crippen molar-refractivity contribution in [2.24, 2.45) is 5.73 Å². The number of fused-ring (bicyclic) bond motifs is 1. The van der Waals surface area contributed by atoms with E-state index in [9.17, 15) is 0 Å². The maximum Gasteiger partial charge on any atom is 0.0847 e. The molecule has 0 aromatic heterocycles. The van der Waals surface area contributed by atoms with Crippen molar-refractivity contribution in [3.05, 3.63) is 48.0 Å². The molecule has 94 valence electrons. The molecule has 2 aromatic carbocycles. The molecule has 2 atom stereocenters. The lowest BCUT2D eigenvalue weighted by atomic mass is 9.86. The van der Waals surface area contributed by atoms with Gasteiger partial charge in [-0.1, -0.05) is 42.5 Å². The first-order valence-corrected chi connectivity index (χ1v) is 6.58. The lowest BCUT2D eigenvalue weighted by molar-refractivity contribution is -0.00138. The molecule has 1 fully saturated rings. The third-order valence-electron chi connectivity index (χ3n) is 4.07. The van der Waals surface area contributed by atoms with Crippen LogP contribution in [0.2, 0.25) is 0 Å². The molecular weight excluding hydrogens is 222 g/mol. The Hall–Kier alpha value is -1.38. The lowest BCUT2D eigenvalue weighted by Gasteiger charge is -2.31. The first kappa shape index (κ1) is 11.7. The Morgan fingerprint density at radius 2 is 1.94 bits per heavy atom. The number of rotatable bonds is 2. The van der Waals surface area contributed by atoms with Crippen LogP contribution in [0.4, 0.5) is 0 Å². The van der Waals surface area contributed by atoms with E-state index in [1.165, 1.54) is 16.3 Å². The molecule has 1 aliphatic heterocycles. The molecule has 1 heterocycles. The maximum absolute atomic E-state index is 6.48. The molecule has 1 aliphatic rings. The molecular formula is C16H19NO. The van der Waals surface area contributed by atoms with Crippen molar-refractivity contribution >= 4 is 10.8 Å². The van der Waals surface area contributed by atoms with Gasteiger partial charge in [0.25, 0.3) is 0 Å². The summed E-state index contributed by atoms with van der Waals surface area (Å²) < 4.78 is 5.88. The SMILES string of the molecule is CC1(C(N)c2cccc3ccccc23)CCCO1. The maximum atomic E-state index is 6.48. The number of ether oxygens (including phenoxy) is 1. The Balaban J connectivity index is 2.08. The van der Waals surface area contributed by atoms with Crippen LogP contribution < -0.4 is 5.73 Å². The van der Waals surface area contributed by atoms with Crippen LogP contribution in [0.3, 0.4) is 0 Å². The van der Waals surface area contributed by atoms with Gasteiger partial charge in [0.2, 0.25) is 0 Å². The van der Waals surface area contributed by atoms with Gasteiger partial charge >= 0.3 is 0 Å². The lowest BCUT2D eigenvalue weighted by Crippen LogP contribution is -2.37. The van der Waals surface area contributed by atoms with E-state index in [-0.39, 0.29) is 11.6 Å².